The summed E-state index contributed by atoms with van der Waals surface area (Å²) in [6.45, 7) is 3.17. The Morgan fingerprint density at radius 3 is 2.29 bits per heavy atom. The third-order valence-corrected chi connectivity index (χ3v) is 6.88. The summed E-state index contributed by atoms with van der Waals surface area (Å²) in [5.41, 5.74) is 1.17. The number of nitrogens with one attached hydrogen (secondary N) is 1. The van der Waals surface area contributed by atoms with Crippen molar-refractivity contribution in [2.75, 3.05) is 34.9 Å². The first-order chi connectivity index (χ1) is 16.8. The lowest BCUT2D eigenvalue weighted by Gasteiger charge is -2.27. The first-order valence-corrected chi connectivity index (χ1v) is 12.5. The van der Waals surface area contributed by atoms with Crippen LogP contribution in [-0.4, -0.2) is 63.0 Å². The number of fused-ring (bicyclic) bond motifs is 1. The molecule has 0 bridgehead atoms. The maximum absolute atomic E-state index is 11.1. The third kappa shape index (κ3) is 9.09. The van der Waals surface area contributed by atoms with Crippen molar-refractivity contribution in [2.45, 2.75) is 64.3 Å². The number of carbonyl (C=O) groups excluding carboxylic acids is 1. The standard InChI is InChI=1S/C11H18N2O2.C9H12O2.C7H12O2/c1-12-11(14)15-9-4-3-8-5-6-13(2)10(8)7-9;1-7-4-5-8(10-2)9(6-7)11-3;8-7(9)6-4-2-1-3-5-6/h7-8,10H,3-6H2,1-2H3,(H,12,14);4-6H,1-3H3;6H,1-5H2,(H,8,9). The molecule has 2 unspecified atom stereocenters. The number of likely N-dealkylation sites (N-methyl/N-ethyl adjacent to an activating group) is 1. The smallest absolute Gasteiger partial charge is 0.412 e. The maximum Gasteiger partial charge on any atom is 0.412 e. The van der Waals surface area contributed by atoms with Crippen LogP contribution in [0.25, 0.3) is 0 Å². The fraction of sp³-hybridized carbons (Fsp3) is 0.630. The monoisotopic (exact) mass is 490 g/mol. The molecule has 1 saturated carbocycles. The molecule has 1 aliphatic heterocycles. The molecule has 196 valence electrons. The molecular weight excluding hydrogens is 448 g/mol. The van der Waals surface area contributed by atoms with Crippen molar-refractivity contribution in [3.63, 3.8) is 0 Å². The summed E-state index contributed by atoms with van der Waals surface area (Å²) in [5, 5.41) is 11.0. The van der Waals surface area contributed by atoms with Crippen molar-refractivity contribution in [1.82, 2.24) is 10.2 Å². The number of amides is 1. The van der Waals surface area contributed by atoms with Crippen molar-refractivity contribution in [1.29, 1.82) is 0 Å². The fourth-order valence-corrected chi connectivity index (χ4v) is 4.78. The quantitative estimate of drug-likeness (QED) is 0.613. The average molecular weight is 491 g/mol. The number of allylic oxidation sites excluding steroid dienone is 1. The van der Waals surface area contributed by atoms with Crippen LogP contribution in [0.1, 0.15) is 56.9 Å². The molecule has 2 N–H and O–H groups in total. The summed E-state index contributed by atoms with van der Waals surface area (Å²) in [6, 6.07) is 6.30. The van der Waals surface area contributed by atoms with Gasteiger partial charge in [-0.05, 0) is 75.9 Å². The minimum Gasteiger partial charge on any atom is -0.493 e. The predicted molar refractivity (Wildman–Crippen MR) is 136 cm³/mol. The SMILES string of the molecule is CNC(=O)OC1=CC2C(CC1)CCN2C.COc1ccc(C)cc1OC.O=C(O)C1CCCCC1. The molecule has 1 aromatic rings. The zero-order valence-corrected chi connectivity index (χ0v) is 21.8. The number of carboxylic acid groups (broad SMARTS) is 1. The van der Waals surface area contributed by atoms with Crippen molar-refractivity contribution >= 4 is 12.1 Å². The van der Waals surface area contributed by atoms with Crippen LogP contribution in [0.5, 0.6) is 11.5 Å². The van der Waals surface area contributed by atoms with Gasteiger partial charge in [0.25, 0.3) is 0 Å². The second-order valence-corrected chi connectivity index (χ2v) is 9.36. The number of carbonyl (C=O) groups is 2. The van der Waals surface area contributed by atoms with Gasteiger partial charge in [0.15, 0.2) is 11.5 Å². The first-order valence-electron chi connectivity index (χ1n) is 12.5. The average Bonchev–Trinajstić information content (AvgIpc) is 3.25. The number of rotatable bonds is 4. The number of carboxylic acids is 1. The highest BCUT2D eigenvalue weighted by Gasteiger charge is 2.33. The minimum absolute atomic E-state index is 0.0289. The van der Waals surface area contributed by atoms with Gasteiger partial charge in [0.05, 0.1) is 20.1 Å². The fourth-order valence-electron chi connectivity index (χ4n) is 4.78. The van der Waals surface area contributed by atoms with Gasteiger partial charge in [-0.2, -0.15) is 0 Å². The molecule has 1 heterocycles. The normalized spacial score (nSPS) is 21.7. The van der Waals surface area contributed by atoms with Gasteiger partial charge in [0, 0.05) is 19.5 Å². The number of alkyl carbamates (subject to hydrolysis) is 1. The van der Waals surface area contributed by atoms with E-state index >= 15 is 0 Å². The molecule has 1 aromatic carbocycles. The van der Waals surface area contributed by atoms with Gasteiger partial charge >= 0.3 is 12.1 Å². The van der Waals surface area contributed by atoms with E-state index in [9.17, 15) is 9.59 Å². The van der Waals surface area contributed by atoms with Crippen molar-refractivity contribution in [3.8, 4) is 11.5 Å². The van der Waals surface area contributed by atoms with Crippen LogP contribution >= 0.6 is 0 Å². The van der Waals surface area contributed by atoms with E-state index < -0.39 is 5.97 Å². The molecule has 2 atom stereocenters. The van der Waals surface area contributed by atoms with Crippen LogP contribution in [0.2, 0.25) is 0 Å². The highest BCUT2D eigenvalue weighted by Crippen LogP contribution is 2.34. The van der Waals surface area contributed by atoms with Crippen molar-refractivity contribution in [2.24, 2.45) is 11.8 Å². The van der Waals surface area contributed by atoms with E-state index in [1.165, 1.54) is 18.4 Å². The number of nitrogens with zero attached hydrogens (tertiary/aromatic N) is 1. The van der Waals surface area contributed by atoms with Gasteiger partial charge < -0.3 is 24.6 Å². The summed E-state index contributed by atoms with van der Waals surface area (Å²) in [7, 11) is 6.98. The van der Waals surface area contributed by atoms with E-state index in [4.69, 9.17) is 19.3 Å². The van der Waals surface area contributed by atoms with E-state index in [1.54, 1.807) is 21.3 Å². The van der Waals surface area contributed by atoms with E-state index in [1.807, 2.05) is 25.1 Å². The second kappa shape index (κ2) is 14.6. The Balaban J connectivity index is 0.000000193. The molecule has 3 aliphatic rings. The van der Waals surface area contributed by atoms with E-state index in [2.05, 4.69) is 23.3 Å². The topological polar surface area (TPSA) is 97.3 Å². The second-order valence-electron chi connectivity index (χ2n) is 9.36. The van der Waals surface area contributed by atoms with Gasteiger partial charge in [-0.15, -0.1) is 0 Å². The molecular formula is C27H42N2O6. The van der Waals surface area contributed by atoms with Crippen LogP contribution in [-0.2, 0) is 9.53 Å². The molecule has 8 nitrogen and oxygen atoms in total. The molecule has 1 amide bonds. The van der Waals surface area contributed by atoms with E-state index in [0.717, 1.165) is 68.2 Å². The summed E-state index contributed by atoms with van der Waals surface area (Å²) in [6.07, 6.45) is 10.3. The van der Waals surface area contributed by atoms with Crippen molar-refractivity contribution in [3.05, 3.63) is 35.6 Å². The lowest BCUT2D eigenvalue weighted by Crippen LogP contribution is -2.31. The summed E-state index contributed by atoms with van der Waals surface area (Å²) < 4.78 is 15.3. The van der Waals surface area contributed by atoms with E-state index in [0.29, 0.717) is 6.04 Å². The predicted octanol–water partition coefficient (Wildman–Crippen LogP) is 5.00. The Labute approximate surface area is 209 Å². The number of methoxy groups -OCH3 is 2. The number of likely N-dealkylation sites (tertiary alicyclic amines) is 1. The lowest BCUT2D eigenvalue weighted by molar-refractivity contribution is -0.142. The summed E-state index contributed by atoms with van der Waals surface area (Å²) in [4.78, 5) is 23.8. The molecule has 2 fully saturated rings. The Bertz CT molecular complexity index is 850. The summed E-state index contributed by atoms with van der Waals surface area (Å²) in [5.74, 6) is 2.51. The molecule has 0 radical (unpaired) electrons. The van der Waals surface area contributed by atoms with Gasteiger partial charge in [0.1, 0.15) is 5.76 Å². The summed E-state index contributed by atoms with van der Waals surface area (Å²) >= 11 is 0. The Morgan fingerprint density at radius 1 is 1.03 bits per heavy atom. The molecule has 4 rings (SSSR count). The number of benzene rings is 1. The number of aryl methyl sites for hydroxylation is 1. The number of hydrogen-bond acceptors (Lipinski definition) is 6. The van der Waals surface area contributed by atoms with Gasteiger partial charge in [-0.3, -0.25) is 9.69 Å². The zero-order valence-electron chi connectivity index (χ0n) is 21.8. The zero-order chi connectivity index (χ0) is 25.8. The number of aliphatic carboxylic acids is 1. The highest BCUT2D eigenvalue weighted by molar-refractivity contribution is 5.70. The molecule has 8 heteroatoms. The molecule has 0 spiro atoms. The van der Waals surface area contributed by atoms with Crippen LogP contribution in [0.15, 0.2) is 30.0 Å². The van der Waals surface area contributed by atoms with Crippen LogP contribution in [0, 0.1) is 18.8 Å². The Hall–Kier alpha value is -2.74. The first kappa shape index (κ1) is 28.5. The lowest BCUT2D eigenvalue weighted by atomic mass is 9.89. The minimum atomic E-state index is -0.602. The van der Waals surface area contributed by atoms with Crippen molar-refractivity contribution < 1.29 is 28.9 Å². The largest absolute Gasteiger partial charge is 0.493 e. The van der Waals surface area contributed by atoms with E-state index in [-0.39, 0.29) is 12.0 Å². The van der Waals surface area contributed by atoms with Crippen LogP contribution in [0.4, 0.5) is 4.79 Å². The number of ether oxygens (including phenoxy) is 3. The Morgan fingerprint density at radius 2 is 1.71 bits per heavy atom. The molecule has 1 saturated heterocycles. The van der Waals surface area contributed by atoms with Crippen LogP contribution < -0.4 is 14.8 Å². The maximum atomic E-state index is 11.1. The van der Waals surface area contributed by atoms with Gasteiger partial charge in [-0.25, -0.2) is 4.79 Å². The molecule has 35 heavy (non-hydrogen) atoms. The van der Waals surface area contributed by atoms with Crippen LogP contribution in [0.3, 0.4) is 0 Å². The number of hydrogen-bond donors (Lipinski definition) is 2. The molecule has 0 aromatic heterocycles. The third-order valence-electron chi connectivity index (χ3n) is 6.88. The highest BCUT2D eigenvalue weighted by atomic mass is 16.6. The Kier molecular flexibility index (Phi) is 11.9. The van der Waals surface area contributed by atoms with Gasteiger partial charge in [0.2, 0.25) is 0 Å². The van der Waals surface area contributed by atoms with Gasteiger partial charge in [-0.1, -0.05) is 25.3 Å². The molecule has 2 aliphatic carbocycles.